The summed E-state index contributed by atoms with van der Waals surface area (Å²) in [5.41, 5.74) is 1.11. The summed E-state index contributed by atoms with van der Waals surface area (Å²) in [6.07, 6.45) is 5.21. The second kappa shape index (κ2) is 6.78. The van der Waals surface area contributed by atoms with E-state index in [4.69, 9.17) is 4.42 Å². The summed E-state index contributed by atoms with van der Waals surface area (Å²) in [6.45, 7) is 5.79. The van der Waals surface area contributed by atoms with Crippen molar-refractivity contribution >= 4 is 11.6 Å². The number of aromatic nitrogens is 2. The zero-order valence-corrected chi connectivity index (χ0v) is 11.4. The normalized spacial score (nSPS) is 10.4. The van der Waals surface area contributed by atoms with Crippen LogP contribution in [0.1, 0.15) is 31.6 Å². The Bertz CT molecular complexity index is 496. The zero-order chi connectivity index (χ0) is 13.5. The van der Waals surface area contributed by atoms with E-state index in [0.29, 0.717) is 6.54 Å². The van der Waals surface area contributed by atoms with Crippen LogP contribution in [-0.4, -0.2) is 16.5 Å². The number of nitrogens with one attached hydrogen (secondary N) is 2. The van der Waals surface area contributed by atoms with Gasteiger partial charge in [-0.05, 0) is 25.0 Å². The average Bonchev–Trinajstić information content (AvgIpc) is 2.96. The van der Waals surface area contributed by atoms with E-state index in [1.165, 1.54) is 0 Å². The fourth-order valence-corrected chi connectivity index (χ4v) is 1.88. The summed E-state index contributed by atoms with van der Waals surface area (Å²) < 4.78 is 5.30. The standard InChI is InChI=1S/C14H20N4O/c1-3-7-15-13-12(4-2)14(18-10-17-13)16-9-11-6-5-8-19-11/h5-6,8,10H,3-4,7,9H2,1-2H3,(H2,15,16,17,18). The molecule has 0 aliphatic rings. The van der Waals surface area contributed by atoms with Crippen LogP contribution in [-0.2, 0) is 13.0 Å². The van der Waals surface area contributed by atoms with Crippen LogP contribution in [0.25, 0.3) is 0 Å². The van der Waals surface area contributed by atoms with Crippen LogP contribution in [0.5, 0.6) is 0 Å². The van der Waals surface area contributed by atoms with Gasteiger partial charge < -0.3 is 15.1 Å². The molecule has 0 aliphatic heterocycles. The van der Waals surface area contributed by atoms with Gasteiger partial charge in [-0.15, -0.1) is 0 Å². The predicted octanol–water partition coefficient (Wildman–Crippen LogP) is 3.07. The maximum atomic E-state index is 5.30. The molecule has 2 rings (SSSR count). The van der Waals surface area contributed by atoms with Gasteiger partial charge in [-0.3, -0.25) is 0 Å². The first kappa shape index (κ1) is 13.4. The van der Waals surface area contributed by atoms with Crippen LogP contribution in [0.3, 0.4) is 0 Å². The van der Waals surface area contributed by atoms with Crippen molar-refractivity contribution < 1.29 is 4.42 Å². The van der Waals surface area contributed by atoms with Gasteiger partial charge in [-0.1, -0.05) is 13.8 Å². The Labute approximate surface area is 113 Å². The highest BCUT2D eigenvalue weighted by Gasteiger charge is 2.09. The van der Waals surface area contributed by atoms with E-state index >= 15 is 0 Å². The maximum absolute atomic E-state index is 5.30. The third kappa shape index (κ3) is 3.47. The largest absolute Gasteiger partial charge is 0.467 e. The molecule has 0 aliphatic carbocycles. The molecule has 0 atom stereocenters. The molecule has 0 saturated heterocycles. The van der Waals surface area contributed by atoms with Gasteiger partial charge in [-0.2, -0.15) is 0 Å². The third-order valence-corrected chi connectivity index (χ3v) is 2.85. The quantitative estimate of drug-likeness (QED) is 0.801. The van der Waals surface area contributed by atoms with Crippen molar-refractivity contribution in [1.82, 2.24) is 9.97 Å². The first-order valence-corrected chi connectivity index (χ1v) is 6.69. The molecule has 0 bridgehead atoms. The van der Waals surface area contributed by atoms with E-state index < -0.39 is 0 Å². The minimum atomic E-state index is 0.629. The summed E-state index contributed by atoms with van der Waals surface area (Å²) >= 11 is 0. The van der Waals surface area contributed by atoms with Crippen LogP contribution in [0.4, 0.5) is 11.6 Å². The second-order valence-electron chi connectivity index (χ2n) is 4.26. The van der Waals surface area contributed by atoms with Crippen molar-refractivity contribution in [2.24, 2.45) is 0 Å². The molecular weight excluding hydrogens is 240 g/mol. The van der Waals surface area contributed by atoms with Crippen molar-refractivity contribution in [3.8, 4) is 0 Å². The fourth-order valence-electron chi connectivity index (χ4n) is 1.88. The summed E-state index contributed by atoms with van der Waals surface area (Å²) in [4.78, 5) is 8.62. The Hall–Kier alpha value is -2.04. The molecule has 2 aromatic rings. The van der Waals surface area contributed by atoms with Crippen LogP contribution in [0, 0.1) is 0 Å². The highest BCUT2D eigenvalue weighted by atomic mass is 16.3. The SMILES string of the molecule is CCCNc1ncnc(NCc2ccco2)c1CC. The van der Waals surface area contributed by atoms with Crippen molar-refractivity contribution in [2.75, 3.05) is 17.2 Å². The van der Waals surface area contributed by atoms with Gasteiger partial charge in [-0.25, -0.2) is 9.97 Å². The van der Waals surface area contributed by atoms with E-state index in [9.17, 15) is 0 Å². The molecule has 19 heavy (non-hydrogen) atoms. The first-order valence-electron chi connectivity index (χ1n) is 6.69. The molecule has 0 aromatic carbocycles. The monoisotopic (exact) mass is 260 g/mol. The van der Waals surface area contributed by atoms with Gasteiger partial charge in [0, 0.05) is 12.1 Å². The maximum Gasteiger partial charge on any atom is 0.135 e. The Morgan fingerprint density at radius 1 is 1.16 bits per heavy atom. The van der Waals surface area contributed by atoms with Crippen molar-refractivity contribution in [2.45, 2.75) is 33.2 Å². The lowest BCUT2D eigenvalue weighted by Gasteiger charge is -2.13. The highest BCUT2D eigenvalue weighted by molar-refractivity contribution is 5.57. The second-order valence-corrected chi connectivity index (χ2v) is 4.26. The molecule has 0 saturated carbocycles. The Balaban J connectivity index is 2.10. The lowest BCUT2D eigenvalue weighted by molar-refractivity contribution is 0.517. The van der Waals surface area contributed by atoms with E-state index in [1.807, 2.05) is 12.1 Å². The zero-order valence-electron chi connectivity index (χ0n) is 11.4. The topological polar surface area (TPSA) is 63.0 Å². The van der Waals surface area contributed by atoms with Crippen molar-refractivity contribution in [3.63, 3.8) is 0 Å². The minimum absolute atomic E-state index is 0.629. The number of rotatable bonds is 7. The number of furan rings is 1. The van der Waals surface area contributed by atoms with Gasteiger partial charge in [0.05, 0.1) is 12.8 Å². The molecule has 2 N–H and O–H groups in total. The molecule has 5 heteroatoms. The van der Waals surface area contributed by atoms with Crippen LogP contribution < -0.4 is 10.6 Å². The summed E-state index contributed by atoms with van der Waals surface area (Å²) in [5, 5.41) is 6.63. The number of nitrogens with zero attached hydrogens (tertiary/aromatic N) is 2. The van der Waals surface area contributed by atoms with Crippen LogP contribution >= 0.6 is 0 Å². The summed E-state index contributed by atoms with van der Waals surface area (Å²) in [7, 11) is 0. The molecule has 2 heterocycles. The van der Waals surface area contributed by atoms with Crippen molar-refractivity contribution in [1.29, 1.82) is 0 Å². The average molecular weight is 260 g/mol. The molecule has 2 aromatic heterocycles. The number of hydrogen-bond acceptors (Lipinski definition) is 5. The van der Waals surface area contributed by atoms with E-state index in [1.54, 1.807) is 12.6 Å². The minimum Gasteiger partial charge on any atom is -0.467 e. The Morgan fingerprint density at radius 3 is 2.58 bits per heavy atom. The van der Waals surface area contributed by atoms with Gasteiger partial charge >= 0.3 is 0 Å². The van der Waals surface area contributed by atoms with E-state index in [-0.39, 0.29) is 0 Å². The van der Waals surface area contributed by atoms with Crippen LogP contribution in [0.2, 0.25) is 0 Å². The smallest absolute Gasteiger partial charge is 0.135 e. The summed E-state index contributed by atoms with van der Waals surface area (Å²) in [6, 6.07) is 3.82. The van der Waals surface area contributed by atoms with Crippen LogP contribution in [0.15, 0.2) is 29.1 Å². The highest BCUT2D eigenvalue weighted by Crippen LogP contribution is 2.21. The lowest BCUT2D eigenvalue weighted by Crippen LogP contribution is -2.10. The van der Waals surface area contributed by atoms with Gasteiger partial charge in [0.25, 0.3) is 0 Å². The number of hydrogen-bond donors (Lipinski definition) is 2. The fraction of sp³-hybridized carbons (Fsp3) is 0.429. The molecule has 0 amide bonds. The van der Waals surface area contributed by atoms with E-state index in [2.05, 4.69) is 34.4 Å². The molecule has 0 radical (unpaired) electrons. The predicted molar refractivity (Wildman–Crippen MR) is 76.2 cm³/mol. The first-order chi connectivity index (χ1) is 9.35. The Morgan fingerprint density at radius 2 is 1.95 bits per heavy atom. The molecule has 102 valence electrons. The molecule has 0 unspecified atom stereocenters. The summed E-state index contributed by atoms with van der Waals surface area (Å²) in [5.74, 6) is 2.68. The van der Waals surface area contributed by atoms with Crippen molar-refractivity contribution in [3.05, 3.63) is 36.0 Å². The molecule has 0 spiro atoms. The molecular formula is C14H20N4O. The molecule has 5 nitrogen and oxygen atoms in total. The Kier molecular flexibility index (Phi) is 4.78. The van der Waals surface area contributed by atoms with Gasteiger partial charge in [0.2, 0.25) is 0 Å². The lowest BCUT2D eigenvalue weighted by atomic mass is 10.2. The number of anilines is 2. The third-order valence-electron chi connectivity index (χ3n) is 2.85. The van der Waals surface area contributed by atoms with E-state index in [0.717, 1.165) is 42.3 Å². The molecule has 0 fully saturated rings. The van der Waals surface area contributed by atoms with Gasteiger partial charge in [0.15, 0.2) is 0 Å². The van der Waals surface area contributed by atoms with Gasteiger partial charge in [0.1, 0.15) is 23.7 Å².